The first-order chi connectivity index (χ1) is 14.5. The highest BCUT2D eigenvalue weighted by Crippen LogP contribution is 2.37. The Labute approximate surface area is 181 Å². The summed E-state index contributed by atoms with van der Waals surface area (Å²) in [6, 6.07) is 20.5. The molecule has 0 N–H and O–H groups in total. The molecule has 0 saturated carbocycles. The smallest absolute Gasteiger partial charge is 0.130 e. The number of allylic oxidation sites excluding steroid dienone is 2. The lowest BCUT2D eigenvalue weighted by Gasteiger charge is -2.29. The zero-order valence-corrected chi connectivity index (χ0v) is 18.3. The maximum Gasteiger partial charge on any atom is 0.130 e. The van der Waals surface area contributed by atoms with Crippen molar-refractivity contribution in [2.45, 2.75) is 51.4 Å². The maximum absolute atomic E-state index is 12.0. The van der Waals surface area contributed by atoms with Crippen molar-refractivity contribution in [3.05, 3.63) is 97.1 Å². The van der Waals surface area contributed by atoms with E-state index in [2.05, 4.69) is 37.4 Å². The van der Waals surface area contributed by atoms with E-state index in [4.69, 9.17) is 0 Å². The van der Waals surface area contributed by atoms with E-state index in [1.165, 1.54) is 11.1 Å². The van der Waals surface area contributed by atoms with Gasteiger partial charge in [0.1, 0.15) is 11.6 Å². The molecule has 0 amide bonds. The zero-order chi connectivity index (χ0) is 21.9. The molecule has 30 heavy (non-hydrogen) atoms. The van der Waals surface area contributed by atoms with Crippen LogP contribution in [0.4, 0.5) is 0 Å². The molecule has 2 aromatic rings. The molecule has 0 fully saturated rings. The summed E-state index contributed by atoms with van der Waals surface area (Å²) in [5, 5.41) is 0. The molecular weight excluding hydrogens is 368 g/mol. The van der Waals surface area contributed by atoms with E-state index in [-0.39, 0.29) is 35.2 Å². The number of hydrogen-bond donors (Lipinski definition) is 0. The Bertz CT molecular complexity index is 751. The van der Waals surface area contributed by atoms with Crippen molar-refractivity contribution in [1.82, 2.24) is 0 Å². The van der Waals surface area contributed by atoms with Gasteiger partial charge >= 0.3 is 0 Å². The minimum atomic E-state index is 0.120. The fourth-order valence-electron chi connectivity index (χ4n) is 4.40. The van der Waals surface area contributed by atoms with Crippen LogP contribution in [0.25, 0.3) is 0 Å². The minimum Gasteiger partial charge on any atom is -0.300 e. The molecule has 0 aromatic heterocycles. The van der Waals surface area contributed by atoms with Crippen LogP contribution in [0.1, 0.15) is 62.5 Å². The summed E-state index contributed by atoms with van der Waals surface area (Å²) in [6.45, 7) is 11.5. The summed E-state index contributed by atoms with van der Waals surface area (Å²) >= 11 is 0. The van der Waals surface area contributed by atoms with E-state index in [9.17, 15) is 9.59 Å². The highest BCUT2D eigenvalue weighted by atomic mass is 16.1. The SMILES string of the molecule is C=C[C@H](CC[C@H](C=C)[C@@H](CC(C)=O)c1ccccc1)[C@H](CC(C)=O)c1ccccc1. The van der Waals surface area contributed by atoms with Gasteiger partial charge in [-0.25, -0.2) is 0 Å². The van der Waals surface area contributed by atoms with Gasteiger partial charge in [-0.1, -0.05) is 72.8 Å². The van der Waals surface area contributed by atoms with Crippen molar-refractivity contribution in [3.8, 4) is 0 Å². The van der Waals surface area contributed by atoms with Crippen LogP contribution in [0.2, 0.25) is 0 Å². The maximum atomic E-state index is 12.0. The van der Waals surface area contributed by atoms with E-state index in [0.717, 1.165) is 12.8 Å². The predicted octanol–water partition coefficient (Wildman–Crippen LogP) is 6.90. The Morgan fingerprint density at radius 3 is 1.30 bits per heavy atom. The molecule has 0 aliphatic carbocycles. The largest absolute Gasteiger partial charge is 0.300 e. The Morgan fingerprint density at radius 2 is 1.03 bits per heavy atom. The highest BCUT2D eigenvalue weighted by Gasteiger charge is 2.26. The van der Waals surface area contributed by atoms with Gasteiger partial charge in [0.15, 0.2) is 0 Å². The molecule has 4 atom stereocenters. The Morgan fingerprint density at radius 1 is 0.700 bits per heavy atom. The average Bonchev–Trinajstić information content (AvgIpc) is 2.75. The van der Waals surface area contributed by atoms with Crippen LogP contribution in [0.5, 0.6) is 0 Å². The molecule has 0 saturated heterocycles. The van der Waals surface area contributed by atoms with Crippen molar-refractivity contribution >= 4 is 11.6 Å². The molecule has 2 rings (SSSR count). The molecule has 2 aromatic carbocycles. The molecule has 0 bridgehead atoms. The van der Waals surface area contributed by atoms with Gasteiger partial charge in [0.05, 0.1) is 0 Å². The molecule has 0 radical (unpaired) electrons. The van der Waals surface area contributed by atoms with Gasteiger partial charge < -0.3 is 9.59 Å². The van der Waals surface area contributed by atoms with E-state index in [1.54, 1.807) is 13.8 Å². The van der Waals surface area contributed by atoms with Crippen molar-refractivity contribution < 1.29 is 9.59 Å². The lowest BCUT2D eigenvalue weighted by molar-refractivity contribution is -0.118. The van der Waals surface area contributed by atoms with Gasteiger partial charge in [-0.2, -0.15) is 0 Å². The van der Waals surface area contributed by atoms with Crippen molar-refractivity contribution in [2.75, 3.05) is 0 Å². The molecule has 0 unspecified atom stereocenters. The highest BCUT2D eigenvalue weighted by molar-refractivity contribution is 5.77. The third-order valence-electron chi connectivity index (χ3n) is 5.94. The number of rotatable bonds is 13. The van der Waals surface area contributed by atoms with E-state index >= 15 is 0 Å². The molecule has 0 spiro atoms. The third kappa shape index (κ3) is 6.95. The second kappa shape index (κ2) is 12.1. The number of carbonyl (C=O) groups is 2. The Hall–Kier alpha value is -2.74. The van der Waals surface area contributed by atoms with Gasteiger partial charge in [0.2, 0.25) is 0 Å². The first-order valence-electron chi connectivity index (χ1n) is 10.8. The van der Waals surface area contributed by atoms with Crippen molar-refractivity contribution in [2.24, 2.45) is 11.8 Å². The number of hydrogen-bond acceptors (Lipinski definition) is 2. The second-order valence-electron chi connectivity index (χ2n) is 8.22. The zero-order valence-electron chi connectivity index (χ0n) is 18.3. The monoisotopic (exact) mass is 402 g/mol. The number of Topliss-reactive ketones (excluding diaryl/α,β-unsaturated/α-hetero) is 2. The summed E-state index contributed by atoms with van der Waals surface area (Å²) < 4.78 is 0. The van der Waals surface area contributed by atoms with E-state index < -0.39 is 0 Å². The Balaban J connectivity index is 2.21. The molecule has 2 nitrogen and oxygen atoms in total. The van der Waals surface area contributed by atoms with Crippen LogP contribution in [0, 0.1) is 11.8 Å². The summed E-state index contributed by atoms with van der Waals surface area (Å²) in [7, 11) is 0. The number of ketones is 2. The standard InChI is InChI=1S/C28H34O2/c1-5-23(27(19-21(3)29)25-13-9-7-10-14-25)17-18-24(6-2)28(20-22(4)30)26-15-11-8-12-16-26/h5-16,23-24,27-28H,1-2,17-20H2,3-4H3/t23-,24+,27+,28-. The van der Waals surface area contributed by atoms with Crippen LogP contribution in [-0.4, -0.2) is 11.6 Å². The molecule has 0 aliphatic heterocycles. The first-order valence-corrected chi connectivity index (χ1v) is 10.8. The fraction of sp³-hybridized carbons (Fsp3) is 0.357. The number of carbonyl (C=O) groups excluding carboxylic acids is 2. The minimum absolute atomic E-state index is 0.120. The number of benzene rings is 2. The molecule has 0 heterocycles. The van der Waals surface area contributed by atoms with Gasteiger partial charge in [-0.15, -0.1) is 13.2 Å². The van der Waals surface area contributed by atoms with Crippen LogP contribution in [-0.2, 0) is 9.59 Å². The predicted molar refractivity (Wildman–Crippen MR) is 126 cm³/mol. The molecule has 158 valence electrons. The molecule has 0 aliphatic rings. The van der Waals surface area contributed by atoms with E-state index in [1.807, 2.05) is 48.6 Å². The topological polar surface area (TPSA) is 34.1 Å². The molecule has 2 heteroatoms. The summed E-state index contributed by atoms with van der Waals surface area (Å²) in [4.78, 5) is 23.9. The summed E-state index contributed by atoms with van der Waals surface area (Å²) in [6.07, 6.45) is 6.79. The third-order valence-corrected chi connectivity index (χ3v) is 5.94. The van der Waals surface area contributed by atoms with Gasteiger partial charge in [-0.05, 0) is 61.5 Å². The fourth-order valence-corrected chi connectivity index (χ4v) is 4.40. The van der Waals surface area contributed by atoms with E-state index in [0.29, 0.717) is 12.8 Å². The first kappa shape index (κ1) is 23.5. The molecular formula is C28H34O2. The van der Waals surface area contributed by atoms with Crippen LogP contribution in [0.3, 0.4) is 0 Å². The summed E-state index contributed by atoms with van der Waals surface area (Å²) in [5.41, 5.74) is 2.35. The van der Waals surface area contributed by atoms with Crippen LogP contribution in [0.15, 0.2) is 86.0 Å². The normalized spacial score (nSPS) is 14.9. The van der Waals surface area contributed by atoms with Gasteiger partial charge in [0.25, 0.3) is 0 Å². The van der Waals surface area contributed by atoms with Crippen LogP contribution < -0.4 is 0 Å². The van der Waals surface area contributed by atoms with Gasteiger partial charge in [0, 0.05) is 12.8 Å². The van der Waals surface area contributed by atoms with Gasteiger partial charge in [-0.3, -0.25) is 0 Å². The van der Waals surface area contributed by atoms with Crippen LogP contribution >= 0.6 is 0 Å². The van der Waals surface area contributed by atoms with Crippen molar-refractivity contribution in [3.63, 3.8) is 0 Å². The van der Waals surface area contributed by atoms with Crippen molar-refractivity contribution in [1.29, 1.82) is 0 Å². The summed E-state index contributed by atoms with van der Waals surface area (Å²) in [5.74, 6) is 0.994. The quantitative estimate of drug-likeness (QED) is 0.342. The Kier molecular flexibility index (Phi) is 9.47. The second-order valence-corrected chi connectivity index (χ2v) is 8.22. The lowest BCUT2D eigenvalue weighted by Crippen LogP contribution is -2.18. The lowest BCUT2D eigenvalue weighted by atomic mass is 9.75. The average molecular weight is 403 g/mol.